The maximum atomic E-state index is 13.4. The van der Waals surface area contributed by atoms with E-state index in [0.29, 0.717) is 18.8 Å². The molecule has 1 aromatic carbocycles. The number of pyridine rings is 1. The fraction of sp³-hybridized carbons (Fsp3) is 0.538. The zero-order valence-corrected chi connectivity index (χ0v) is 20.2. The van der Waals surface area contributed by atoms with E-state index in [1.807, 2.05) is 30.0 Å². The molecule has 1 saturated heterocycles. The smallest absolute Gasteiger partial charge is 0.254 e. The number of hydrogen-bond acceptors (Lipinski definition) is 3. The van der Waals surface area contributed by atoms with Gasteiger partial charge in [-0.1, -0.05) is 47.6 Å². The molecule has 0 radical (unpaired) electrons. The lowest BCUT2D eigenvalue weighted by Crippen LogP contribution is -2.32. The van der Waals surface area contributed by atoms with Gasteiger partial charge in [0.15, 0.2) is 0 Å². The van der Waals surface area contributed by atoms with Gasteiger partial charge in [0, 0.05) is 37.3 Å². The van der Waals surface area contributed by atoms with Crippen molar-refractivity contribution in [2.75, 3.05) is 13.1 Å². The average Bonchev–Trinajstić information content (AvgIpc) is 3.12. The maximum Gasteiger partial charge on any atom is 0.254 e. The van der Waals surface area contributed by atoms with E-state index in [9.17, 15) is 9.59 Å². The fourth-order valence-corrected chi connectivity index (χ4v) is 3.81. The molecule has 1 unspecified atom stereocenters. The first kappa shape index (κ1) is 23.1. The van der Waals surface area contributed by atoms with Crippen LogP contribution in [-0.4, -0.2) is 34.6 Å². The largest absolute Gasteiger partial charge is 0.488 e. The van der Waals surface area contributed by atoms with Crippen molar-refractivity contribution >= 4 is 5.91 Å². The van der Waals surface area contributed by atoms with Crippen LogP contribution in [0.15, 0.2) is 35.1 Å². The topological polar surface area (TPSA) is 51.5 Å². The Kier molecular flexibility index (Phi) is 6.09. The minimum Gasteiger partial charge on any atom is -0.488 e. The van der Waals surface area contributed by atoms with E-state index in [0.717, 1.165) is 17.7 Å². The number of nitrogens with zero attached hydrogens (tertiary/aromatic N) is 2. The standard InChI is InChI=1S/C26H36N2O3/c1-17-11-22(15-23(29)27(17)8)31-21-9-10-28(16-21)24(30)18-12-19(25(2,3)4)14-20(13-18)26(5,6)7/h11-15,21H,9-10,16H2,1-8H3. The van der Waals surface area contributed by atoms with Crippen molar-refractivity contribution in [3.8, 4) is 5.75 Å². The number of aryl methyl sites for hydroxylation is 1. The molecule has 1 atom stereocenters. The number of ether oxygens (including phenoxy) is 1. The van der Waals surface area contributed by atoms with Gasteiger partial charge >= 0.3 is 0 Å². The summed E-state index contributed by atoms with van der Waals surface area (Å²) >= 11 is 0. The van der Waals surface area contributed by atoms with Gasteiger partial charge < -0.3 is 14.2 Å². The number of likely N-dealkylation sites (tertiary alicyclic amines) is 1. The summed E-state index contributed by atoms with van der Waals surface area (Å²) in [4.78, 5) is 27.3. The molecule has 0 saturated carbocycles. The van der Waals surface area contributed by atoms with Gasteiger partial charge in [0.05, 0.1) is 6.54 Å². The molecule has 2 aromatic rings. The van der Waals surface area contributed by atoms with Crippen LogP contribution in [0.5, 0.6) is 5.75 Å². The quantitative estimate of drug-likeness (QED) is 0.725. The molecule has 0 bridgehead atoms. The second kappa shape index (κ2) is 8.18. The second-order valence-corrected chi connectivity index (χ2v) is 10.8. The Morgan fingerprint density at radius 3 is 2.06 bits per heavy atom. The lowest BCUT2D eigenvalue weighted by atomic mass is 9.79. The van der Waals surface area contributed by atoms with Crippen molar-refractivity contribution in [3.05, 3.63) is 63.1 Å². The summed E-state index contributed by atoms with van der Waals surface area (Å²) in [6, 6.07) is 9.69. The van der Waals surface area contributed by atoms with Crippen molar-refractivity contribution in [1.82, 2.24) is 9.47 Å². The first-order valence-corrected chi connectivity index (χ1v) is 11.1. The normalized spacial score (nSPS) is 17.2. The van der Waals surface area contributed by atoms with Crippen LogP contribution >= 0.6 is 0 Å². The first-order chi connectivity index (χ1) is 14.3. The van der Waals surface area contributed by atoms with E-state index < -0.39 is 0 Å². The highest BCUT2D eigenvalue weighted by Crippen LogP contribution is 2.31. The summed E-state index contributed by atoms with van der Waals surface area (Å²) in [6.07, 6.45) is 0.647. The maximum absolute atomic E-state index is 13.4. The molecule has 0 aliphatic carbocycles. The van der Waals surface area contributed by atoms with E-state index in [1.165, 1.54) is 17.2 Å². The number of benzene rings is 1. The molecule has 3 rings (SSSR count). The molecule has 1 aromatic heterocycles. The summed E-state index contributed by atoms with van der Waals surface area (Å²) < 4.78 is 7.65. The van der Waals surface area contributed by atoms with Crippen molar-refractivity contribution in [2.45, 2.75) is 71.8 Å². The third-order valence-electron chi connectivity index (χ3n) is 6.12. The van der Waals surface area contributed by atoms with Crippen LogP contribution in [-0.2, 0) is 17.9 Å². The van der Waals surface area contributed by atoms with Crippen molar-refractivity contribution in [1.29, 1.82) is 0 Å². The third kappa shape index (κ3) is 5.20. The number of rotatable bonds is 3. The van der Waals surface area contributed by atoms with Gasteiger partial charge in [0.1, 0.15) is 11.9 Å². The van der Waals surface area contributed by atoms with E-state index in [-0.39, 0.29) is 28.4 Å². The number of carbonyl (C=O) groups is 1. The Hall–Kier alpha value is -2.56. The Labute approximate surface area is 186 Å². The molecule has 5 nitrogen and oxygen atoms in total. The summed E-state index contributed by atoms with van der Waals surface area (Å²) in [6.45, 7) is 16.1. The molecule has 2 heterocycles. The highest BCUT2D eigenvalue weighted by Gasteiger charge is 2.30. The fourth-order valence-electron chi connectivity index (χ4n) is 3.81. The van der Waals surface area contributed by atoms with Crippen molar-refractivity contribution in [3.63, 3.8) is 0 Å². The van der Waals surface area contributed by atoms with Gasteiger partial charge in [0.25, 0.3) is 11.5 Å². The van der Waals surface area contributed by atoms with Gasteiger partial charge in [-0.05, 0) is 47.1 Å². The number of amides is 1. The molecule has 0 spiro atoms. The SMILES string of the molecule is Cc1cc(OC2CCN(C(=O)c3cc(C(C)(C)C)cc(C(C)(C)C)c3)C2)cc(=O)n1C. The van der Waals surface area contributed by atoms with Gasteiger partial charge in [-0.25, -0.2) is 0 Å². The Bertz CT molecular complexity index is 1010. The van der Waals surface area contributed by atoms with Crippen LogP contribution in [0.25, 0.3) is 0 Å². The van der Waals surface area contributed by atoms with E-state index >= 15 is 0 Å². The van der Waals surface area contributed by atoms with Gasteiger partial charge in [-0.3, -0.25) is 9.59 Å². The monoisotopic (exact) mass is 424 g/mol. The zero-order chi connectivity index (χ0) is 23.1. The van der Waals surface area contributed by atoms with E-state index in [4.69, 9.17) is 4.74 Å². The summed E-state index contributed by atoms with van der Waals surface area (Å²) in [5.41, 5.74) is 3.77. The predicted molar refractivity (Wildman–Crippen MR) is 125 cm³/mol. The molecule has 0 N–H and O–H groups in total. The first-order valence-electron chi connectivity index (χ1n) is 11.1. The lowest BCUT2D eigenvalue weighted by molar-refractivity contribution is 0.0772. The molecule has 1 aliphatic rings. The van der Waals surface area contributed by atoms with Crippen LogP contribution in [0.3, 0.4) is 0 Å². The van der Waals surface area contributed by atoms with Gasteiger partial charge in [-0.15, -0.1) is 0 Å². The third-order valence-corrected chi connectivity index (χ3v) is 6.12. The minimum atomic E-state index is -0.108. The molecular weight excluding hydrogens is 388 g/mol. The van der Waals surface area contributed by atoms with Crippen LogP contribution in [0.1, 0.15) is 75.1 Å². The zero-order valence-electron chi connectivity index (χ0n) is 20.2. The van der Waals surface area contributed by atoms with Gasteiger partial charge in [0.2, 0.25) is 0 Å². The molecule has 5 heteroatoms. The second-order valence-electron chi connectivity index (χ2n) is 10.8. The molecule has 168 valence electrons. The Morgan fingerprint density at radius 1 is 0.968 bits per heavy atom. The number of carbonyl (C=O) groups excluding carboxylic acids is 1. The van der Waals surface area contributed by atoms with Gasteiger partial charge in [-0.2, -0.15) is 0 Å². The predicted octanol–water partition coefficient (Wildman–Crippen LogP) is 4.58. The molecule has 1 aliphatic heterocycles. The molecule has 1 amide bonds. The Morgan fingerprint density at radius 2 is 1.55 bits per heavy atom. The molecule has 1 fully saturated rings. The van der Waals surface area contributed by atoms with Crippen molar-refractivity contribution in [2.24, 2.45) is 7.05 Å². The lowest BCUT2D eigenvalue weighted by Gasteiger charge is -2.27. The van der Waals surface area contributed by atoms with E-state index in [1.54, 1.807) is 11.6 Å². The van der Waals surface area contributed by atoms with Crippen LogP contribution in [0, 0.1) is 6.92 Å². The molecular formula is C26H36N2O3. The number of aromatic nitrogens is 1. The van der Waals surface area contributed by atoms with Crippen LogP contribution in [0.4, 0.5) is 0 Å². The highest BCUT2D eigenvalue weighted by atomic mass is 16.5. The average molecular weight is 425 g/mol. The summed E-state index contributed by atoms with van der Waals surface area (Å²) in [5, 5.41) is 0. The van der Waals surface area contributed by atoms with E-state index in [2.05, 4.69) is 47.6 Å². The molecule has 31 heavy (non-hydrogen) atoms. The number of hydrogen-bond donors (Lipinski definition) is 0. The minimum absolute atomic E-state index is 0.0374. The summed E-state index contributed by atoms with van der Waals surface area (Å²) in [5.74, 6) is 0.618. The Balaban J connectivity index is 1.80. The van der Waals surface area contributed by atoms with Crippen LogP contribution in [0.2, 0.25) is 0 Å². The van der Waals surface area contributed by atoms with Crippen LogP contribution < -0.4 is 10.3 Å². The summed E-state index contributed by atoms with van der Waals surface area (Å²) in [7, 11) is 1.75. The van der Waals surface area contributed by atoms with Crippen molar-refractivity contribution < 1.29 is 9.53 Å². The highest BCUT2D eigenvalue weighted by molar-refractivity contribution is 5.95.